The van der Waals surface area contributed by atoms with Gasteiger partial charge in [-0.15, -0.1) is 0 Å². The van der Waals surface area contributed by atoms with Gasteiger partial charge in [0.1, 0.15) is 5.56 Å². The molecule has 1 aromatic rings. The molecule has 166 valence electrons. The first kappa shape index (κ1) is 23.4. The van der Waals surface area contributed by atoms with Crippen LogP contribution in [0.3, 0.4) is 0 Å². The van der Waals surface area contributed by atoms with E-state index < -0.39 is 28.6 Å². The van der Waals surface area contributed by atoms with Crippen molar-refractivity contribution in [1.29, 1.82) is 0 Å². The van der Waals surface area contributed by atoms with Gasteiger partial charge in [0.25, 0.3) is 11.6 Å². The summed E-state index contributed by atoms with van der Waals surface area (Å²) in [5, 5.41) is 14.4. The Morgan fingerprint density at radius 2 is 1.97 bits per heavy atom. The summed E-state index contributed by atoms with van der Waals surface area (Å²) < 4.78 is 15.7. The normalized spacial score (nSPS) is 22.0. The monoisotopic (exact) mass is 422 g/mol. The number of benzene rings is 1. The molecular weight excluding hydrogens is 392 g/mol. The van der Waals surface area contributed by atoms with Gasteiger partial charge in [-0.2, -0.15) is 0 Å². The van der Waals surface area contributed by atoms with Crippen LogP contribution in [0.15, 0.2) is 12.1 Å². The van der Waals surface area contributed by atoms with Crippen LogP contribution in [0, 0.1) is 22.0 Å². The quantitative estimate of drug-likeness (QED) is 0.387. The molecule has 1 saturated carbocycles. The smallest absolute Gasteiger partial charge is 0.346 e. The second-order valence-electron chi connectivity index (χ2n) is 7.64. The minimum Gasteiger partial charge on any atom is -0.493 e. The number of nitro groups is 1. The topological polar surface area (TPSA) is 117 Å². The maximum absolute atomic E-state index is 12.6. The van der Waals surface area contributed by atoms with Gasteiger partial charge in [-0.25, -0.2) is 4.79 Å². The molecule has 0 aromatic heterocycles. The lowest BCUT2D eigenvalue weighted by molar-refractivity contribution is -0.385. The Labute approximate surface area is 176 Å². The standard InChI is InChI=1S/C21H30N2O7/c1-6-29-19-11-17(23(26)27)15(10-18(19)28-5)21(25)30-14(4)20(24)22-16-9-7-8-12(2)13(16)3/h10-14,16H,6-9H2,1-5H3,(H,22,24)/t12-,13-,14+,16-/m0/s1. The molecule has 2 rings (SSSR count). The summed E-state index contributed by atoms with van der Waals surface area (Å²) in [4.78, 5) is 35.9. The van der Waals surface area contributed by atoms with Crippen molar-refractivity contribution in [3.05, 3.63) is 27.8 Å². The van der Waals surface area contributed by atoms with Gasteiger partial charge in [0.2, 0.25) is 0 Å². The highest BCUT2D eigenvalue weighted by atomic mass is 16.6. The van der Waals surface area contributed by atoms with Crippen molar-refractivity contribution < 1.29 is 28.7 Å². The van der Waals surface area contributed by atoms with E-state index in [1.807, 2.05) is 0 Å². The molecule has 0 heterocycles. The van der Waals surface area contributed by atoms with E-state index in [4.69, 9.17) is 14.2 Å². The van der Waals surface area contributed by atoms with Crippen LogP contribution in [0.5, 0.6) is 11.5 Å². The zero-order chi connectivity index (χ0) is 22.4. The van der Waals surface area contributed by atoms with E-state index in [2.05, 4.69) is 19.2 Å². The minimum absolute atomic E-state index is 0.0160. The van der Waals surface area contributed by atoms with E-state index >= 15 is 0 Å². The summed E-state index contributed by atoms with van der Waals surface area (Å²) in [5.41, 5.74) is -0.786. The second-order valence-corrected chi connectivity index (χ2v) is 7.64. The molecule has 1 aliphatic carbocycles. The molecule has 1 aromatic carbocycles. The van der Waals surface area contributed by atoms with E-state index in [0.29, 0.717) is 11.8 Å². The minimum atomic E-state index is -1.10. The number of carbonyl (C=O) groups is 2. The van der Waals surface area contributed by atoms with Crippen LogP contribution in [0.2, 0.25) is 0 Å². The van der Waals surface area contributed by atoms with Crippen LogP contribution in [0.1, 0.15) is 57.3 Å². The molecule has 0 spiro atoms. The number of hydrogen-bond donors (Lipinski definition) is 1. The number of carbonyl (C=O) groups excluding carboxylic acids is 2. The van der Waals surface area contributed by atoms with Crippen LogP contribution >= 0.6 is 0 Å². The maximum atomic E-state index is 12.6. The first-order valence-corrected chi connectivity index (χ1v) is 10.2. The number of rotatable bonds is 8. The Hall–Kier alpha value is -2.84. The Bertz CT molecular complexity index is 796. The summed E-state index contributed by atoms with van der Waals surface area (Å²) in [6.45, 7) is 7.70. The van der Waals surface area contributed by atoms with Crippen LogP contribution < -0.4 is 14.8 Å². The molecule has 9 heteroatoms. The lowest BCUT2D eigenvalue weighted by Crippen LogP contribution is -2.47. The van der Waals surface area contributed by atoms with Crippen molar-refractivity contribution in [2.45, 2.75) is 59.1 Å². The predicted molar refractivity (Wildman–Crippen MR) is 110 cm³/mol. The third-order valence-electron chi connectivity index (χ3n) is 5.69. The number of esters is 1. The third-order valence-corrected chi connectivity index (χ3v) is 5.69. The van der Waals surface area contributed by atoms with Crippen molar-refractivity contribution in [3.63, 3.8) is 0 Å². The van der Waals surface area contributed by atoms with Gasteiger partial charge in [-0.3, -0.25) is 14.9 Å². The lowest BCUT2D eigenvalue weighted by atomic mass is 9.78. The molecule has 30 heavy (non-hydrogen) atoms. The number of ether oxygens (including phenoxy) is 3. The van der Waals surface area contributed by atoms with Crippen molar-refractivity contribution in [2.24, 2.45) is 11.8 Å². The Morgan fingerprint density at radius 1 is 1.27 bits per heavy atom. The fraction of sp³-hybridized carbons (Fsp3) is 0.619. The first-order valence-electron chi connectivity index (χ1n) is 10.2. The predicted octanol–water partition coefficient (Wildman–Crippen LogP) is 3.49. The fourth-order valence-electron chi connectivity index (χ4n) is 3.65. The summed E-state index contributed by atoms with van der Waals surface area (Å²) in [7, 11) is 1.36. The number of amides is 1. The van der Waals surface area contributed by atoms with Crippen LogP contribution in [-0.2, 0) is 9.53 Å². The second kappa shape index (κ2) is 10.3. The number of hydrogen-bond acceptors (Lipinski definition) is 7. The highest BCUT2D eigenvalue weighted by Crippen LogP contribution is 2.35. The molecule has 0 bridgehead atoms. The molecule has 1 amide bonds. The Morgan fingerprint density at radius 3 is 2.57 bits per heavy atom. The van der Waals surface area contributed by atoms with Crippen molar-refractivity contribution in [3.8, 4) is 11.5 Å². The summed E-state index contributed by atoms with van der Waals surface area (Å²) in [6, 6.07) is 2.33. The van der Waals surface area contributed by atoms with Gasteiger partial charge in [0, 0.05) is 12.1 Å². The zero-order valence-electron chi connectivity index (χ0n) is 18.1. The Balaban J connectivity index is 2.15. The third kappa shape index (κ3) is 5.40. The van der Waals surface area contributed by atoms with Gasteiger partial charge in [-0.05, 0) is 32.1 Å². The summed E-state index contributed by atoms with van der Waals surface area (Å²) in [6.07, 6.45) is 1.93. The lowest BCUT2D eigenvalue weighted by Gasteiger charge is -2.35. The van der Waals surface area contributed by atoms with Gasteiger partial charge >= 0.3 is 5.97 Å². The average molecular weight is 422 g/mol. The maximum Gasteiger partial charge on any atom is 0.346 e. The van der Waals surface area contributed by atoms with Crippen molar-refractivity contribution in [2.75, 3.05) is 13.7 Å². The number of nitrogens with zero attached hydrogens (tertiary/aromatic N) is 1. The van der Waals surface area contributed by atoms with Crippen LogP contribution in [0.4, 0.5) is 5.69 Å². The molecular formula is C21H30N2O7. The highest BCUT2D eigenvalue weighted by molar-refractivity contribution is 5.96. The fourth-order valence-corrected chi connectivity index (χ4v) is 3.65. The molecule has 1 aliphatic rings. The summed E-state index contributed by atoms with van der Waals surface area (Å²) in [5.74, 6) is -0.264. The van der Waals surface area contributed by atoms with E-state index in [-0.39, 0.29) is 29.7 Å². The summed E-state index contributed by atoms with van der Waals surface area (Å²) >= 11 is 0. The SMILES string of the molecule is CCOc1cc([N+](=O)[O-])c(C(=O)O[C@H](C)C(=O)N[C@H]2CCC[C@H](C)[C@@H]2C)cc1OC. The van der Waals surface area contributed by atoms with Crippen molar-refractivity contribution >= 4 is 17.6 Å². The van der Waals surface area contributed by atoms with E-state index in [1.165, 1.54) is 20.1 Å². The highest BCUT2D eigenvalue weighted by Gasteiger charge is 2.32. The van der Waals surface area contributed by atoms with Gasteiger partial charge < -0.3 is 19.5 Å². The van der Waals surface area contributed by atoms with E-state index in [1.54, 1.807) is 6.92 Å². The molecule has 1 N–H and O–H groups in total. The van der Waals surface area contributed by atoms with E-state index in [0.717, 1.165) is 25.3 Å². The molecule has 1 fully saturated rings. The number of nitrogens with one attached hydrogen (secondary N) is 1. The molecule has 4 atom stereocenters. The number of methoxy groups -OCH3 is 1. The Kier molecular flexibility index (Phi) is 8.02. The van der Waals surface area contributed by atoms with E-state index in [9.17, 15) is 19.7 Å². The molecule has 9 nitrogen and oxygen atoms in total. The van der Waals surface area contributed by atoms with Crippen LogP contribution in [-0.4, -0.2) is 42.7 Å². The van der Waals surface area contributed by atoms with Gasteiger partial charge in [0.15, 0.2) is 17.6 Å². The van der Waals surface area contributed by atoms with Gasteiger partial charge in [-0.1, -0.05) is 26.7 Å². The molecule has 0 radical (unpaired) electrons. The van der Waals surface area contributed by atoms with Gasteiger partial charge in [0.05, 0.1) is 24.7 Å². The first-order chi connectivity index (χ1) is 14.2. The average Bonchev–Trinajstić information content (AvgIpc) is 2.71. The zero-order valence-corrected chi connectivity index (χ0v) is 18.1. The number of nitro benzene ring substituents is 1. The van der Waals surface area contributed by atoms with Crippen LogP contribution in [0.25, 0.3) is 0 Å². The largest absolute Gasteiger partial charge is 0.493 e. The molecule has 0 aliphatic heterocycles. The van der Waals surface area contributed by atoms with Crippen molar-refractivity contribution in [1.82, 2.24) is 5.32 Å². The molecule has 0 unspecified atom stereocenters. The molecule has 0 saturated heterocycles.